The molecule has 8 nitrogen and oxygen atoms in total. The number of halogens is 4. The number of fused-ring (bicyclic) bond motifs is 3. The van der Waals surface area contributed by atoms with Crippen LogP contribution in [0.5, 0.6) is 11.8 Å². The number of hydrogen-bond acceptors (Lipinski definition) is 8. The molecular formula is C35H35F4N5O3. The Bertz CT molecular complexity index is 1920. The molecule has 3 aliphatic rings. The number of ether oxygens (including phenoxy) is 1. The lowest BCUT2D eigenvalue weighted by molar-refractivity contribution is -0.0375. The Morgan fingerprint density at radius 1 is 1.15 bits per heavy atom. The van der Waals surface area contributed by atoms with Crippen molar-refractivity contribution in [2.24, 2.45) is 11.3 Å². The number of alkyl halides is 2. The van der Waals surface area contributed by atoms with Crippen LogP contribution in [-0.4, -0.2) is 81.9 Å². The third-order valence-electron chi connectivity index (χ3n) is 10.2. The SMILES string of the molecule is C#Cc1c(F)ccc2cc(O)cc(-c3ncc4c(N5CC(CO)CC(F)(F)C5)nc(OC[C@]56CCC[C@H]5N(C)CCC6)nc4c3F)c12. The minimum atomic E-state index is -3.13. The van der Waals surface area contributed by atoms with E-state index in [2.05, 4.69) is 32.8 Å². The van der Waals surface area contributed by atoms with Crippen LogP contribution in [0.15, 0.2) is 30.5 Å². The van der Waals surface area contributed by atoms with E-state index in [-0.39, 0.29) is 69.3 Å². The predicted molar refractivity (Wildman–Crippen MR) is 170 cm³/mol. The largest absolute Gasteiger partial charge is 0.508 e. The number of benzene rings is 2. The molecule has 1 saturated carbocycles. The van der Waals surface area contributed by atoms with Crippen LogP contribution in [0.4, 0.5) is 23.4 Å². The number of aliphatic hydroxyl groups is 1. The monoisotopic (exact) mass is 649 g/mol. The number of terminal acetylenes is 1. The summed E-state index contributed by atoms with van der Waals surface area (Å²) in [5, 5.41) is 20.9. The normalized spacial score (nSPS) is 24.4. The molecule has 0 spiro atoms. The van der Waals surface area contributed by atoms with Gasteiger partial charge in [-0.25, -0.2) is 17.6 Å². The molecule has 246 valence electrons. The highest BCUT2D eigenvalue weighted by Crippen LogP contribution is 2.48. The summed E-state index contributed by atoms with van der Waals surface area (Å²) in [5.74, 6) is -3.39. The Kier molecular flexibility index (Phi) is 7.88. The Morgan fingerprint density at radius 3 is 2.74 bits per heavy atom. The highest BCUT2D eigenvalue weighted by molar-refractivity contribution is 6.03. The van der Waals surface area contributed by atoms with Crippen molar-refractivity contribution >= 4 is 27.5 Å². The van der Waals surface area contributed by atoms with E-state index in [4.69, 9.17) is 11.2 Å². The van der Waals surface area contributed by atoms with Crippen molar-refractivity contribution in [1.29, 1.82) is 0 Å². The van der Waals surface area contributed by atoms with Gasteiger partial charge in [0.05, 0.1) is 24.1 Å². The van der Waals surface area contributed by atoms with E-state index >= 15 is 4.39 Å². The third kappa shape index (κ3) is 5.49. The quantitative estimate of drug-likeness (QED) is 0.197. The molecule has 2 aliphatic heterocycles. The number of phenolic OH excluding ortho intramolecular Hbond substituents is 1. The maximum atomic E-state index is 16.8. The van der Waals surface area contributed by atoms with Gasteiger partial charge in [0.15, 0.2) is 5.82 Å². The maximum absolute atomic E-state index is 16.8. The molecule has 2 aromatic heterocycles. The number of likely N-dealkylation sites (tertiary alicyclic amines) is 1. The lowest BCUT2D eigenvalue weighted by Gasteiger charge is -2.44. The van der Waals surface area contributed by atoms with Gasteiger partial charge in [-0.1, -0.05) is 18.4 Å². The van der Waals surface area contributed by atoms with Crippen molar-refractivity contribution in [1.82, 2.24) is 19.9 Å². The zero-order valence-corrected chi connectivity index (χ0v) is 25.9. The number of piperidine rings is 2. The van der Waals surface area contributed by atoms with Crippen molar-refractivity contribution in [3.05, 3.63) is 47.7 Å². The summed E-state index contributed by atoms with van der Waals surface area (Å²) in [7, 11) is 2.11. The van der Waals surface area contributed by atoms with Crippen molar-refractivity contribution in [3.63, 3.8) is 0 Å². The fraction of sp³-hybridized carbons (Fsp3) is 0.457. The summed E-state index contributed by atoms with van der Waals surface area (Å²) in [6, 6.07) is 5.38. The summed E-state index contributed by atoms with van der Waals surface area (Å²) in [6.45, 7) is 0.181. The minimum absolute atomic E-state index is 0.0122. The van der Waals surface area contributed by atoms with Crippen molar-refractivity contribution < 1.29 is 32.5 Å². The van der Waals surface area contributed by atoms with Crippen molar-refractivity contribution in [3.8, 4) is 35.4 Å². The van der Waals surface area contributed by atoms with E-state index in [9.17, 15) is 23.4 Å². The van der Waals surface area contributed by atoms with Crippen LogP contribution in [0.2, 0.25) is 0 Å². The molecule has 7 rings (SSSR count). The fourth-order valence-corrected chi connectivity index (χ4v) is 8.14. The number of aliphatic hydroxyl groups excluding tert-OH is 1. The first-order valence-corrected chi connectivity index (χ1v) is 15.9. The van der Waals surface area contributed by atoms with E-state index in [1.54, 1.807) is 0 Å². The van der Waals surface area contributed by atoms with Crippen LogP contribution in [-0.2, 0) is 0 Å². The first-order chi connectivity index (χ1) is 22.5. The highest BCUT2D eigenvalue weighted by atomic mass is 19.3. The summed E-state index contributed by atoms with van der Waals surface area (Å²) < 4.78 is 67.7. The van der Waals surface area contributed by atoms with Crippen LogP contribution in [0, 0.1) is 35.3 Å². The molecule has 1 unspecified atom stereocenters. The summed E-state index contributed by atoms with van der Waals surface area (Å²) in [4.78, 5) is 17.0. The second-order valence-electron chi connectivity index (χ2n) is 13.3. The van der Waals surface area contributed by atoms with Gasteiger partial charge in [0, 0.05) is 54.1 Å². The van der Waals surface area contributed by atoms with Gasteiger partial charge < -0.3 is 24.7 Å². The molecule has 0 bridgehead atoms. The van der Waals surface area contributed by atoms with Crippen molar-refractivity contribution in [2.45, 2.75) is 50.5 Å². The molecule has 47 heavy (non-hydrogen) atoms. The first-order valence-electron chi connectivity index (χ1n) is 15.9. The number of pyridine rings is 1. The molecule has 12 heteroatoms. The number of nitrogens with zero attached hydrogens (tertiary/aromatic N) is 5. The van der Waals surface area contributed by atoms with Crippen LogP contribution < -0.4 is 9.64 Å². The van der Waals surface area contributed by atoms with Crippen LogP contribution in [0.25, 0.3) is 32.9 Å². The molecule has 2 saturated heterocycles. The topological polar surface area (TPSA) is 94.8 Å². The molecular weight excluding hydrogens is 614 g/mol. The number of hydrogen-bond donors (Lipinski definition) is 2. The molecule has 2 N–H and O–H groups in total. The van der Waals surface area contributed by atoms with Crippen LogP contribution in [0.1, 0.15) is 44.1 Å². The fourth-order valence-electron chi connectivity index (χ4n) is 8.14. The predicted octanol–water partition coefficient (Wildman–Crippen LogP) is 5.91. The molecule has 4 heterocycles. The molecule has 0 amide bonds. The van der Waals surface area contributed by atoms with E-state index in [1.165, 1.54) is 35.4 Å². The van der Waals surface area contributed by atoms with Gasteiger partial charge >= 0.3 is 6.01 Å². The van der Waals surface area contributed by atoms with Gasteiger partial charge in [-0.15, -0.1) is 6.42 Å². The van der Waals surface area contributed by atoms with Gasteiger partial charge in [-0.2, -0.15) is 9.97 Å². The second kappa shape index (κ2) is 11.8. The zero-order chi connectivity index (χ0) is 33.1. The van der Waals surface area contributed by atoms with Gasteiger partial charge in [0.25, 0.3) is 5.92 Å². The van der Waals surface area contributed by atoms with Crippen LogP contribution in [0.3, 0.4) is 0 Å². The molecule has 2 aromatic carbocycles. The van der Waals surface area contributed by atoms with E-state index in [0.717, 1.165) is 38.6 Å². The van der Waals surface area contributed by atoms with E-state index in [1.807, 2.05) is 0 Å². The smallest absolute Gasteiger partial charge is 0.319 e. The Morgan fingerprint density at radius 2 is 1.96 bits per heavy atom. The number of aromatic nitrogens is 3. The van der Waals surface area contributed by atoms with E-state index < -0.39 is 43.0 Å². The van der Waals surface area contributed by atoms with Gasteiger partial charge in [0.2, 0.25) is 0 Å². The lowest BCUT2D eigenvalue weighted by Crippen LogP contribution is -2.50. The number of phenols is 1. The maximum Gasteiger partial charge on any atom is 0.319 e. The second-order valence-corrected chi connectivity index (χ2v) is 13.3. The summed E-state index contributed by atoms with van der Waals surface area (Å²) in [6.07, 6.45) is 11.5. The molecule has 3 atom stereocenters. The summed E-state index contributed by atoms with van der Waals surface area (Å²) in [5.41, 5.74) is -0.724. The Balaban J connectivity index is 1.39. The minimum Gasteiger partial charge on any atom is -0.508 e. The Hall–Kier alpha value is -4.21. The Labute approximate surface area is 269 Å². The first kappa shape index (κ1) is 31.4. The van der Waals surface area contributed by atoms with Crippen LogP contribution >= 0.6 is 0 Å². The standard InChI is InChI=1S/C35H35F4N5O3/c1-3-23-26(36)8-7-21-12-22(46)13-24(28(21)23)30-29(37)31-25(15-40-30)32(44-16-20(17-45)14-35(38,39)18-44)42-33(41-31)47-19-34-9-4-6-27(34)43(2)11-5-10-34/h1,7-8,12-13,15,20,27,45-46H,4-6,9-11,14,16-19H2,2H3/t20?,27-,34-/m1/s1. The highest BCUT2D eigenvalue weighted by Gasteiger charge is 2.47. The lowest BCUT2D eigenvalue weighted by atomic mass is 9.76. The van der Waals surface area contributed by atoms with Crippen molar-refractivity contribution in [2.75, 3.05) is 44.8 Å². The molecule has 4 aromatic rings. The summed E-state index contributed by atoms with van der Waals surface area (Å²) >= 11 is 0. The van der Waals surface area contributed by atoms with Gasteiger partial charge in [-0.05, 0) is 62.9 Å². The molecule has 0 radical (unpaired) electrons. The van der Waals surface area contributed by atoms with E-state index in [0.29, 0.717) is 11.4 Å². The molecule has 3 fully saturated rings. The molecule has 1 aliphatic carbocycles. The zero-order valence-electron chi connectivity index (χ0n) is 25.9. The third-order valence-corrected chi connectivity index (χ3v) is 10.2. The number of rotatable bonds is 6. The number of anilines is 1. The van der Waals surface area contributed by atoms with Gasteiger partial charge in [-0.3, -0.25) is 4.98 Å². The number of aromatic hydroxyl groups is 1. The average Bonchev–Trinajstić information content (AvgIpc) is 3.48. The van der Waals surface area contributed by atoms with Gasteiger partial charge in [0.1, 0.15) is 28.6 Å². The average molecular weight is 650 g/mol.